The third-order valence-electron chi connectivity index (χ3n) is 4.82. The van der Waals surface area contributed by atoms with Crippen molar-refractivity contribution in [2.75, 3.05) is 6.61 Å². The number of rotatable bonds is 7. The van der Waals surface area contributed by atoms with Crippen LogP contribution < -0.4 is 0 Å². The summed E-state index contributed by atoms with van der Waals surface area (Å²) in [4.78, 5) is 0. The van der Waals surface area contributed by atoms with Gasteiger partial charge in [-0.1, -0.05) is 33.6 Å². The maximum atomic E-state index is 10.5. The van der Waals surface area contributed by atoms with Gasteiger partial charge in [-0.2, -0.15) is 0 Å². The van der Waals surface area contributed by atoms with Crippen molar-refractivity contribution in [2.24, 2.45) is 11.8 Å². The van der Waals surface area contributed by atoms with E-state index in [0.29, 0.717) is 0 Å². The van der Waals surface area contributed by atoms with Crippen molar-refractivity contribution < 1.29 is 24.8 Å². The van der Waals surface area contributed by atoms with Crippen LogP contribution in [0.15, 0.2) is 0 Å². The van der Waals surface area contributed by atoms with E-state index in [2.05, 4.69) is 0 Å². The molecule has 1 aliphatic rings. The summed E-state index contributed by atoms with van der Waals surface area (Å²) in [5.41, 5.74) is -0.451. The molecule has 0 amide bonds. The summed E-state index contributed by atoms with van der Waals surface area (Å²) in [7, 11) is 0. The van der Waals surface area contributed by atoms with Crippen LogP contribution in [-0.4, -0.2) is 52.1 Å². The first kappa shape index (κ1) is 18.8. The molecule has 5 unspecified atom stereocenters. The smallest absolute Gasteiger partial charge is 0.187 e. The Balaban J connectivity index is 2.89. The molecular formula is C16H32O5. The molecule has 1 saturated heterocycles. The van der Waals surface area contributed by atoms with Gasteiger partial charge >= 0.3 is 0 Å². The van der Waals surface area contributed by atoms with Crippen molar-refractivity contribution in [3.05, 3.63) is 0 Å². The maximum absolute atomic E-state index is 10.5. The Bertz CT molecular complexity index is 301. The molecular weight excluding hydrogens is 272 g/mol. The highest BCUT2D eigenvalue weighted by Crippen LogP contribution is 2.36. The van der Waals surface area contributed by atoms with Crippen molar-refractivity contribution in [2.45, 2.75) is 84.1 Å². The largest absolute Gasteiger partial charge is 0.394 e. The maximum Gasteiger partial charge on any atom is 0.187 e. The fourth-order valence-electron chi connectivity index (χ4n) is 3.03. The summed E-state index contributed by atoms with van der Waals surface area (Å²) >= 11 is 0. The van der Waals surface area contributed by atoms with E-state index in [1.165, 1.54) is 0 Å². The summed E-state index contributed by atoms with van der Waals surface area (Å²) in [6.45, 7) is 9.72. The highest BCUT2D eigenvalue weighted by atomic mass is 16.7. The lowest BCUT2D eigenvalue weighted by molar-refractivity contribution is -0.320. The highest BCUT2D eigenvalue weighted by molar-refractivity contribution is 4.92. The van der Waals surface area contributed by atoms with Crippen molar-refractivity contribution in [3.63, 3.8) is 0 Å². The van der Waals surface area contributed by atoms with Crippen molar-refractivity contribution in [1.82, 2.24) is 0 Å². The number of aliphatic hydroxyl groups excluding tert-OH is 3. The Morgan fingerprint density at radius 3 is 2.10 bits per heavy atom. The molecule has 5 atom stereocenters. The lowest BCUT2D eigenvalue weighted by Gasteiger charge is -2.46. The third kappa shape index (κ3) is 4.39. The quantitative estimate of drug-likeness (QED) is 0.667. The fourth-order valence-corrected chi connectivity index (χ4v) is 3.03. The Kier molecular flexibility index (Phi) is 7.07. The first-order chi connectivity index (χ1) is 9.81. The van der Waals surface area contributed by atoms with Crippen LogP contribution in [-0.2, 0) is 9.47 Å². The normalized spacial score (nSPS) is 34.4. The third-order valence-corrected chi connectivity index (χ3v) is 4.82. The lowest BCUT2D eigenvalue weighted by Crippen LogP contribution is -2.59. The van der Waals surface area contributed by atoms with Gasteiger partial charge in [0, 0.05) is 5.92 Å². The van der Waals surface area contributed by atoms with Gasteiger partial charge in [0.05, 0.1) is 24.4 Å². The summed E-state index contributed by atoms with van der Waals surface area (Å²) in [5.74, 6) is -0.0727. The summed E-state index contributed by atoms with van der Waals surface area (Å²) in [6, 6.07) is 0. The molecule has 1 aliphatic heterocycles. The first-order valence-electron chi connectivity index (χ1n) is 8.11. The zero-order valence-corrected chi connectivity index (χ0v) is 14.0. The van der Waals surface area contributed by atoms with E-state index in [1.807, 2.05) is 34.6 Å². The molecule has 0 bridgehead atoms. The molecule has 5 heteroatoms. The second-order valence-corrected chi connectivity index (χ2v) is 6.59. The zero-order valence-electron chi connectivity index (χ0n) is 14.0. The first-order valence-corrected chi connectivity index (χ1v) is 8.11. The minimum atomic E-state index is -1.09. The molecule has 0 aromatic heterocycles. The van der Waals surface area contributed by atoms with Crippen molar-refractivity contribution >= 4 is 0 Å². The van der Waals surface area contributed by atoms with Gasteiger partial charge in [0.1, 0.15) is 6.10 Å². The van der Waals surface area contributed by atoms with Crippen LogP contribution in [0.25, 0.3) is 0 Å². The van der Waals surface area contributed by atoms with Gasteiger partial charge in [-0.05, 0) is 26.2 Å². The van der Waals surface area contributed by atoms with Gasteiger partial charge in [0.15, 0.2) is 6.29 Å². The second kappa shape index (κ2) is 7.88. The van der Waals surface area contributed by atoms with E-state index >= 15 is 0 Å². The molecule has 5 nitrogen and oxygen atoms in total. The van der Waals surface area contributed by atoms with Crippen LogP contribution in [0.1, 0.15) is 53.9 Å². The molecule has 1 rings (SSSR count). The van der Waals surface area contributed by atoms with Crippen LogP contribution in [0.5, 0.6) is 0 Å². The van der Waals surface area contributed by atoms with Crippen LogP contribution in [0.3, 0.4) is 0 Å². The Labute approximate surface area is 128 Å². The lowest BCUT2D eigenvalue weighted by atomic mass is 9.76. The fraction of sp³-hybridized carbons (Fsp3) is 1.00. The second-order valence-electron chi connectivity index (χ2n) is 6.59. The molecule has 0 aromatic carbocycles. The minimum Gasteiger partial charge on any atom is -0.394 e. The molecule has 126 valence electrons. The SMILES string of the molecule is CCC(CC)C1C(CO)OC(OC(C)(C)CC)C(O)C1O. The van der Waals surface area contributed by atoms with Gasteiger partial charge in [-0.3, -0.25) is 0 Å². The molecule has 1 fully saturated rings. The van der Waals surface area contributed by atoms with Crippen molar-refractivity contribution in [1.29, 1.82) is 0 Å². The Hall–Kier alpha value is -0.200. The highest BCUT2D eigenvalue weighted by Gasteiger charge is 2.48. The van der Waals surface area contributed by atoms with E-state index in [0.717, 1.165) is 19.3 Å². The average Bonchev–Trinajstić information content (AvgIpc) is 2.46. The molecule has 0 radical (unpaired) electrons. The zero-order chi connectivity index (χ0) is 16.2. The summed E-state index contributed by atoms with van der Waals surface area (Å²) < 4.78 is 11.6. The minimum absolute atomic E-state index is 0.183. The van der Waals surface area contributed by atoms with Crippen LogP contribution >= 0.6 is 0 Å². The van der Waals surface area contributed by atoms with Crippen molar-refractivity contribution in [3.8, 4) is 0 Å². The number of hydrogen-bond acceptors (Lipinski definition) is 5. The molecule has 0 saturated carbocycles. The summed E-state index contributed by atoms with van der Waals surface area (Å²) in [6.07, 6.45) is -0.949. The van der Waals surface area contributed by atoms with E-state index in [4.69, 9.17) is 9.47 Å². The number of ether oxygens (including phenoxy) is 2. The number of aliphatic hydroxyl groups is 3. The van der Waals surface area contributed by atoms with Crippen LogP contribution in [0.4, 0.5) is 0 Å². The van der Waals surface area contributed by atoms with Crippen LogP contribution in [0, 0.1) is 11.8 Å². The predicted molar refractivity (Wildman–Crippen MR) is 80.8 cm³/mol. The van der Waals surface area contributed by atoms with Crippen LogP contribution in [0.2, 0.25) is 0 Å². The average molecular weight is 304 g/mol. The molecule has 21 heavy (non-hydrogen) atoms. The summed E-state index contributed by atoms with van der Waals surface area (Å²) in [5, 5.41) is 30.4. The monoisotopic (exact) mass is 304 g/mol. The predicted octanol–water partition coefficient (Wildman–Crippen LogP) is 1.68. The van der Waals surface area contributed by atoms with E-state index in [9.17, 15) is 15.3 Å². The molecule has 0 spiro atoms. The van der Waals surface area contributed by atoms with Gasteiger partial charge in [-0.25, -0.2) is 0 Å². The molecule has 3 N–H and O–H groups in total. The Morgan fingerprint density at radius 2 is 1.67 bits per heavy atom. The molecule has 0 aromatic rings. The molecule has 0 aliphatic carbocycles. The molecule has 1 heterocycles. The van der Waals surface area contributed by atoms with Gasteiger partial charge in [0.25, 0.3) is 0 Å². The number of hydrogen-bond donors (Lipinski definition) is 3. The van der Waals surface area contributed by atoms with E-state index in [-0.39, 0.29) is 18.4 Å². The Morgan fingerprint density at radius 1 is 1.10 bits per heavy atom. The standard InChI is InChI=1S/C16H32O5/c1-6-10(7-2)12-11(9-17)20-15(14(19)13(12)18)21-16(4,5)8-3/h10-15,17-19H,6-9H2,1-5H3. The van der Waals surface area contributed by atoms with E-state index < -0.39 is 30.2 Å². The van der Waals surface area contributed by atoms with E-state index in [1.54, 1.807) is 0 Å². The van der Waals surface area contributed by atoms with Gasteiger partial charge < -0.3 is 24.8 Å². The topological polar surface area (TPSA) is 79.2 Å². The van der Waals surface area contributed by atoms with Gasteiger partial charge in [0.2, 0.25) is 0 Å². The van der Waals surface area contributed by atoms with Gasteiger partial charge in [-0.15, -0.1) is 0 Å².